The minimum absolute atomic E-state index is 0.103. The second-order valence-electron chi connectivity index (χ2n) is 5.50. The molecule has 1 atom stereocenters. The third kappa shape index (κ3) is 3.90. The van der Waals surface area contributed by atoms with Gasteiger partial charge in [-0.1, -0.05) is 18.2 Å². The van der Waals surface area contributed by atoms with Gasteiger partial charge in [-0.25, -0.2) is 13.6 Å². The summed E-state index contributed by atoms with van der Waals surface area (Å²) in [6.07, 6.45) is -1.91. The molecular formula is C17H17F2NO5. The predicted molar refractivity (Wildman–Crippen MR) is 83.2 cm³/mol. The van der Waals surface area contributed by atoms with Crippen molar-refractivity contribution in [2.24, 2.45) is 0 Å². The normalized spacial score (nSPS) is 16.4. The number of imide groups is 1. The summed E-state index contributed by atoms with van der Waals surface area (Å²) in [6.45, 7) is 0.824. The van der Waals surface area contributed by atoms with E-state index < -0.39 is 42.8 Å². The first-order valence-electron chi connectivity index (χ1n) is 7.59. The average molecular weight is 353 g/mol. The van der Waals surface area contributed by atoms with Crippen molar-refractivity contribution in [3.8, 4) is 0 Å². The van der Waals surface area contributed by atoms with Crippen LogP contribution in [0.15, 0.2) is 36.4 Å². The first kappa shape index (κ1) is 18.7. The van der Waals surface area contributed by atoms with Crippen LogP contribution in [-0.2, 0) is 9.53 Å². The molecule has 0 radical (unpaired) electrons. The van der Waals surface area contributed by atoms with Gasteiger partial charge in [0.15, 0.2) is 0 Å². The average Bonchev–Trinajstić information content (AvgIpc) is 2.80. The summed E-state index contributed by atoms with van der Waals surface area (Å²) >= 11 is 0. The Kier molecular flexibility index (Phi) is 5.63. The maximum Gasteiger partial charge on any atom is 0.330 e. The Morgan fingerprint density at radius 1 is 1.28 bits per heavy atom. The van der Waals surface area contributed by atoms with Crippen LogP contribution >= 0.6 is 0 Å². The van der Waals surface area contributed by atoms with Crippen molar-refractivity contribution in [1.29, 1.82) is 0 Å². The second-order valence-corrected chi connectivity index (χ2v) is 5.50. The summed E-state index contributed by atoms with van der Waals surface area (Å²) in [7, 11) is 0. The number of esters is 1. The fraction of sp³-hybridized carbons (Fsp3) is 0.353. The molecule has 25 heavy (non-hydrogen) atoms. The Labute approximate surface area is 142 Å². The summed E-state index contributed by atoms with van der Waals surface area (Å²) in [6, 6.07) is 5.93. The fourth-order valence-corrected chi connectivity index (χ4v) is 2.43. The Hall–Kier alpha value is -2.61. The number of carbonyl (C=O) groups is 3. The van der Waals surface area contributed by atoms with Crippen molar-refractivity contribution in [2.45, 2.75) is 25.4 Å². The molecule has 134 valence electrons. The van der Waals surface area contributed by atoms with Gasteiger partial charge in [0.25, 0.3) is 18.2 Å². The number of benzene rings is 1. The van der Waals surface area contributed by atoms with Gasteiger partial charge in [-0.3, -0.25) is 14.5 Å². The Balaban J connectivity index is 2.15. The summed E-state index contributed by atoms with van der Waals surface area (Å²) in [5.41, 5.74) is -2.46. The number of alkyl halides is 2. The van der Waals surface area contributed by atoms with Crippen molar-refractivity contribution in [1.82, 2.24) is 4.90 Å². The lowest BCUT2D eigenvalue weighted by atomic mass is 9.99. The molecular weight excluding hydrogens is 336 g/mol. The second kappa shape index (κ2) is 7.52. The van der Waals surface area contributed by atoms with Crippen LogP contribution < -0.4 is 0 Å². The highest BCUT2D eigenvalue weighted by atomic mass is 19.3. The van der Waals surface area contributed by atoms with Gasteiger partial charge >= 0.3 is 5.97 Å². The van der Waals surface area contributed by atoms with E-state index in [1.807, 2.05) is 0 Å². The fourth-order valence-electron chi connectivity index (χ4n) is 2.43. The first-order valence-corrected chi connectivity index (χ1v) is 7.59. The SMILES string of the molecule is CCOC(=O)/C=C\C[C@@](O)(CN1C(=O)c2ccccc2C1=O)C(F)F. The van der Waals surface area contributed by atoms with Crippen molar-refractivity contribution in [3.05, 3.63) is 47.5 Å². The van der Waals surface area contributed by atoms with Gasteiger partial charge in [0, 0.05) is 12.5 Å². The number of aliphatic hydroxyl groups is 1. The molecule has 8 heteroatoms. The molecule has 0 spiro atoms. The molecule has 1 aromatic rings. The number of nitrogens with zero attached hydrogens (tertiary/aromatic N) is 1. The number of β-amino-alcohol motifs (C(OH)–C–C–N with tert-alkyl or cyclic N) is 1. The molecule has 2 amide bonds. The Morgan fingerprint density at radius 3 is 2.32 bits per heavy atom. The molecule has 1 aliphatic heterocycles. The highest BCUT2D eigenvalue weighted by Gasteiger charge is 2.45. The molecule has 0 bridgehead atoms. The van der Waals surface area contributed by atoms with E-state index in [0.29, 0.717) is 4.90 Å². The van der Waals surface area contributed by atoms with Gasteiger partial charge in [-0.05, 0) is 19.1 Å². The van der Waals surface area contributed by atoms with E-state index >= 15 is 0 Å². The lowest BCUT2D eigenvalue weighted by Crippen LogP contribution is -2.50. The smallest absolute Gasteiger partial charge is 0.330 e. The molecule has 2 rings (SSSR count). The van der Waals surface area contributed by atoms with Crippen LogP contribution in [0.1, 0.15) is 34.1 Å². The van der Waals surface area contributed by atoms with Gasteiger partial charge in [-0.2, -0.15) is 0 Å². The highest BCUT2D eigenvalue weighted by Crippen LogP contribution is 2.28. The number of ether oxygens (including phenoxy) is 1. The number of fused-ring (bicyclic) bond motifs is 1. The van der Waals surface area contributed by atoms with Crippen LogP contribution in [-0.4, -0.2) is 53.0 Å². The van der Waals surface area contributed by atoms with Gasteiger partial charge in [0.05, 0.1) is 24.3 Å². The van der Waals surface area contributed by atoms with Crippen LogP contribution in [0.5, 0.6) is 0 Å². The van der Waals surface area contributed by atoms with E-state index in [4.69, 9.17) is 0 Å². The van der Waals surface area contributed by atoms with E-state index in [0.717, 1.165) is 12.2 Å². The third-order valence-corrected chi connectivity index (χ3v) is 3.73. The third-order valence-electron chi connectivity index (χ3n) is 3.73. The van der Waals surface area contributed by atoms with E-state index in [-0.39, 0.29) is 17.7 Å². The van der Waals surface area contributed by atoms with Crippen LogP contribution in [0.3, 0.4) is 0 Å². The van der Waals surface area contributed by atoms with Crippen molar-refractivity contribution >= 4 is 17.8 Å². The largest absolute Gasteiger partial charge is 0.463 e. The first-order chi connectivity index (χ1) is 11.8. The van der Waals surface area contributed by atoms with Crippen LogP contribution in [0, 0.1) is 0 Å². The van der Waals surface area contributed by atoms with Crippen LogP contribution in [0.4, 0.5) is 8.78 Å². The molecule has 0 aliphatic carbocycles. The molecule has 1 heterocycles. The molecule has 1 aliphatic rings. The zero-order valence-corrected chi connectivity index (χ0v) is 13.4. The molecule has 0 fully saturated rings. The molecule has 1 N–H and O–H groups in total. The van der Waals surface area contributed by atoms with E-state index in [1.54, 1.807) is 19.1 Å². The highest BCUT2D eigenvalue weighted by molar-refractivity contribution is 6.21. The zero-order chi connectivity index (χ0) is 18.6. The summed E-state index contributed by atoms with van der Waals surface area (Å²) in [5, 5.41) is 10.2. The maximum atomic E-state index is 13.3. The molecule has 0 unspecified atom stereocenters. The quantitative estimate of drug-likeness (QED) is 0.459. The minimum atomic E-state index is -3.23. The van der Waals surface area contributed by atoms with Crippen molar-refractivity contribution in [2.75, 3.05) is 13.2 Å². The number of carbonyl (C=O) groups excluding carboxylic acids is 3. The molecule has 1 aromatic carbocycles. The standard InChI is InChI=1S/C17H17F2NO5/c1-2-25-13(21)8-5-9-17(24,16(18)19)10-20-14(22)11-6-3-4-7-12(11)15(20)23/h3-8,16,24H,2,9-10H2,1H3/b8-5-/t17-/m1/s1. The van der Waals surface area contributed by atoms with Gasteiger partial charge < -0.3 is 9.84 Å². The van der Waals surface area contributed by atoms with Crippen molar-refractivity contribution < 1.29 is 33.0 Å². The Bertz CT molecular complexity index is 684. The predicted octanol–water partition coefficient (Wildman–Crippen LogP) is 1.79. The van der Waals surface area contributed by atoms with Crippen LogP contribution in [0.25, 0.3) is 0 Å². The van der Waals surface area contributed by atoms with Gasteiger partial charge in [0.1, 0.15) is 5.60 Å². The summed E-state index contributed by atoms with van der Waals surface area (Å²) < 4.78 is 31.3. The summed E-state index contributed by atoms with van der Waals surface area (Å²) in [4.78, 5) is 36.3. The number of amides is 2. The lowest BCUT2D eigenvalue weighted by Gasteiger charge is -2.29. The zero-order valence-electron chi connectivity index (χ0n) is 13.4. The van der Waals surface area contributed by atoms with Crippen molar-refractivity contribution in [3.63, 3.8) is 0 Å². The number of hydrogen-bond donors (Lipinski definition) is 1. The number of rotatable bonds is 7. The molecule has 6 nitrogen and oxygen atoms in total. The monoisotopic (exact) mass is 353 g/mol. The topological polar surface area (TPSA) is 83.9 Å². The maximum absolute atomic E-state index is 13.3. The summed E-state index contributed by atoms with van der Waals surface area (Å²) in [5.74, 6) is -2.22. The lowest BCUT2D eigenvalue weighted by molar-refractivity contribution is -0.137. The number of hydrogen-bond acceptors (Lipinski definition) is 5. The van der Waals surface area contributed by atoms with Crippen LogP contribution in [0.2, 0.25) is 0 Å². The minimum Gasteiger partial charge on any atom is -0.463 e. The van der Waals surface area contributed by atoms with E-state index in [9.17, 15) is 28.3 Å². The van der Waals surface area contributed by atoms with Gasteiger partial charge in [0.2, 0.25) is 0 Å². The van der Waals surface area contributed by atoms with E-state index in [1.165, 1.54) is 12.1 Å². The van der Waals surface area contributed by atoms with E-state index in [2.05, 4.69) is 4.74 Å². The number of halogens is 2. The molecule has 0 saturated heterocycles. The van der Waals surface area contributed by atoms with Gasteiger partial charge in [-0.15, -0.1) is 0 Å². The molecule has 0 aromatic heterocycles. The molecule has 0 saturated carbocycles. The Morgan fingerprint density at radius 2 is 1.84 bits per heavy atom.